The summed E-state index contributed by atoms with van der Waals surface area (Å²) in [5.41, 5.74) is 16.7. The van der Waals surface area contributed by atoms with Gasteiger partial charge in [-0.3, -0.25) is 0 Å². The lowest BCUT2D eigenvalue weighted by Gasteiger charge is -2.26. The first-order valence-electron chi connectivity index (χ1n) is 8.09. The molecule has 0 saturated carbocycles. The van der Waals surface area contributed by atoms with Gasteiger partial charge in [0, 0.05) is 12.1 Å². The summed E-state index contributed by atoms with van der Waals surface area (Å²) in [6.45, 7) is 3.66. The molecule has 140 valence electrons. The van der Waals surface area contributed by atoms with E-state index in [1.807, 2.05) is 0 Å². The average molecular weight is 349 g/mol. The second kappa shape index (κ2) is 8.37. The molecule has 0 bridgehead atoms. The zero-order valence-electron chi connectivity index (χ0n) is 14.0. The summed E-state index contributed by atoms with van der Waals surface area (Å²) in [4.78, 5) is 3.83. The standard InChI is InChI=1S/C14H28FN5O4/c1-6-4-22-12(20-14(17)18)11(21)13(24-6)23-5-8(16)3-9-10(19-9)7(2)15/h6-13,19,21H,3-5,16H2,1-2H3,(H4,17,18,20). The van der Waals surface area contributed by atoms with Crippen molar-refractivity contribution in [2.24, 2.45) is 22.2 Å². The van der Waals surface area contributed by atoms with Crippen LogP contribution in [0.3, 0.4) is 0 Å². The van der Waals surface area contributed by atoms with E-state index in [0.717, 1.165) is 0 Å². The Labute approximate surface area is 140 Å². The van der Waals surface area contributed by atoms with Gasteiger partial charge in [-0.15, -0.1) is 0 Å². The summed E-state index contributed by atoms with van der Waals surface area (Å²) in [6.07, 6.45) is -3.77. The van der Waals surface area contributed by atoms with E-state index in [9.17, 15) is 9.50 Å². The first-order chi connectivity index (χ1) is 11.3. The Hall–Kier alpha value is -1.04. The molecule has 8 unspecified atom stereocenters. The number of alkyl halides is 1. The largest absolute Gasteiger partial charge is 0.383 e. The normalized spacial score (nSPS) is 38.9. The van der Waals surface area contributed by atoms with Crippen LogP contribution in [0.1, 0.15) is 20.3 Å². The second-order valence-electron chi connectivity index (χ2n) is 6.39. The number of hydrogen-bond acceptors (Lipinski definition) is 7. The summed E-state index contributed by atoms with van der Waals surface area (Å²) in [5, 5.41) is 13.3. The third kappa shape index (κ3) is 5.50. The zero-order chi connectivity index (χ0) is 17.9. The minimum Gasteiger partial charge on any atom is -0.383 e. The quantitative estimate of drug-likeness (QED) is 0.203. The highest BCUT2D eigenvalue weighted by Gasteiger charge is 2.41. The van der Waals surface area contributed by atoms with Crippen molar-refractivity contribution in [3.63, 3.8) is 0 Å². The van der Waals surface area contributed by atoms with Gasteiger partial charge in [-0.05, 0) is 20.3 Å². The predicted octanol–water partition coefficient (Wildman–Crippen LogP) is -1.86. The number of nitrogens with zero attached hydrogens (tertiary/aromatic N) is 1. The summed E-state index contributed by atoms with van der Waals surface area (Å²) in [6, 6.07) is -0.404. The molecule has 8 N–H and O–H groups in total. The van der Waals surface area contributed by atoms with Gasteiger partial charge in [0.15, 0.2) is 24.6 Å². The molecule has 0 spiro atoms. The molecule has 2 heterocycles. The molecule has 0 amide bonds. The van der Waals surface area contributed by atoms with Gasteiger partial charge < -0.3 is 41.8 Å². The molecule has 2 aliphatic heterocycles. The number of aliphatic hydroxyl groups is 1. The average Bonchev–Trinajstić information content (AvgIpc) is 3.26. The van der Waals surface area contributed by atoms with Crippen LogP contribution in [-0.2, 0) is 14.2 Å². The van der Waals surface area contributed by atoms with Crippen LogP contribution in [0, 0.1) is 0 Å². The maximum absolute atomic E-state index is 13.1. The number of guanidine groups is 1. The minimum atomic E-state index is -1.19. The van der Waals surface area contributed by atoms with Crippen LogP contribution in [-0.4, -0.2) is 73.3 Å². The molecule has 9 nitrogen and oxygen atoms in total. The maximum atomic E-state index is 13.1. The van der Waals surface area contributed by atoms with Crippen molar-refractivity contribution < 1.29 is 23.7 Å². The molecule has 0 aromatic heterocycles. The Morgan fingerprint density at radius 3 is 2.79 bits per heavy atom. The number of rotatable bonds is 7. The molecule has 2 saturated heterocycles. The van der Waals surface area contributed by atoms with E-state index in [-0.39, 0.29) is 43.4 Å². The summed E-state index contributed by atoms with van der Waals surface area (Å²) in [7, 11) is 0. The molecule has 2 rings (SSSR count). The summed E-state index contributed by atoms with van der Waals surface area (Å²) >= 11 is 0. The highest BCUT2D eigenvalue weighted by atomic mass is 19.1. The van der Waals surface area contributed by atoms with Crippen LogP contribution in [0.15, 0.2) is 4.99 Å². The lowest BCUT2D eigenvalue weighted by molar-refractivity contribution is -0.210. The van der Waals surface area contributed by atoms with Gasteiger partial charge in [-0.2, -0.15) is 0 Å². The molecular weight excluding hydrogens is 321 g/mol. The van der Waals surface area contributed by atoms with Crippen LogP contribution in [0.2, 0.25) is 0 Å². The zero-order valence-corrected chi connectivity index (χ0v) is 14.0. The van der Waals surface area contributed by atoms with Gasteiger partial charge in [0.05, 0.1) is 25.4 Å². The number of aliphatic hydroxyl groups excluding tert-OH is 1. The van der Waals surface area contributed by atoms with Crippen molar-refractivity contribution >= 4 is 5.96 Å². The van der Waals surface area contributed by atoms with Crippen molar-refractivity contribution in [2.45, 2.75) is 69.3 Å². The lowest BCUT2D eigenvalue weighted by atomic mass is 10.1. The molecule has 0 aromatic rings. The monoisotopic (exact) mass is 349 g/mol. The molecule has 2 fully saturated rings. The molecule has 24 heavy (non-hydrogen) atoms. The Bertz CT molecular complexity index is 437. The number of ether oxygens (including phenoxy) is 3. The van der Waals surface area contributed by atoms with Crippen LogP contribution >= 0.6 is 0 Å². The molecule has 8 atom stereocenters. The Morgan fingerprint density at radius 1 is 1.50 bits per heavy atom. The van der Waals surface area contributed by atoms with Crippen molar-refractivity contribution in [2.75, 3.05) is 13.2 Å². The molecule has 0 aromatic carbocycles. The Morgan fingerprint density at radius 2 is 2.21 bits per heavy atom. The molecule has 0 aliphatic carbocycles. The fraction of sp³-hybridized carbons (Fsp3) is 0.929. The van der Waals surface area contributed by atoms with Gasteiger partial charge >= 0.3 is 0 Å². The van der Waals surface area contributed by atoms with Crippen LogP contribution in [0.5, 0.6) is 0 Å². The highest BCUT2D eigenvalue weighted by Crippen LogP contribution is 2.22. The Kier molecular flexibility index (Phi) is 6.72. The minimum absolute atomic E-state index is 0.0558. The smallest absolute Gasteiger partial charge is 0.188 e. The van der Waals surface area contributed by atoms with Gasteiger partial charge in [0.2, 0.25) is 0 Å². The fourth-order valence-electron chi connectivity index (χ4n) is 2.69. The predicted molar refractivity (Wildman–Crippen MR) is 85.7 cm³/mol. The van der Waals surface area contributed by atoms with Gasteiger partial charge in [0.25, 0.3) is 0 Å². The third-order valence-electron chi connectivity index (χ3n) is 3.97. The molecular formula is C14H28FN5O4. The highest BCUT2D eigenvalue weighted by molar-refractivity contribution is 5.75. The van der Waals surface area contributed by atoms with Gasteiger partial charge in [-0.1, -0.05) is 0 Å². The van der Waals surface area contributed by atoms with E-state index < -0.39 is 24.8 Å². The van der Waals surface area contributed by atoms with E-state index in [0.29, 0.717) is 6.42 Å². The number of nitrogens with one attached hydrogen (secondary N) is 1. The first kappa shape index (κ1) is 19.3. The van der Waals surface area contributed by atoms with E-state index in [4.69, 9.17) is 31.4 Å². The first-order valence-corrected chi connectivity index (χ1v) is 8.09. The number of hydrogen-bond donors (Lipinski definition) is 5. The van der Waals surface area contributed by atoms with Gasteiger partial charge in [0.1, 0.15) is 6.17 Å². The summed E-state index contributed by atoms with van der Waals surface area (Å²) in [5.74, 6) is -0.199. The van der Waals surface area contributed by atoms with Crippen molar-refractivity contribution in [3.05, 3.63) is 0 Å². The van der Waals surface area contributed by atoms with E-state index in [1.165, 1.54) is 6.92 Å². The van der Waals surface area contributed by atoms with E-state index in [1.54, 1.807) is 6.92 Å². The fourth-order valence-corrected chi connectivity index (χ4v) is 2.69. The van der Waals surface area contributed by atoms with Crippen LogP contribution < -0.4 is 22.5 Å². The van der Waals surface area contributed by atoms with Crippen molar-refractivity contribution in [3.8, 4) is 0 Å². The number of halogens is 1. The summed E-state index contributed by atoms with van der Waals surface area (Å²) < 4.78 is 29.7. The third-order valence-corrected chi connectivity index (χ3v) is 3.97. The van der Waals surface area contributed by atoms with E-state index in [2.05, 4.69) is 10.3 Å². The van der Waals surface area contributed by atoms with Crippen LogP contribution in [0.4, 0.5) is 4.39 Å². The van der Waals surface area contributed by atoms with Crippen molar-refractivity contribution in [1.82, 2.24) is 5.32 Å². The maximum Gasteiger partial charge on any atom is 0.188 e. The van der Waals surface area contributed by atoms with Crippen molar-refractivity contribution in [1.29, 1.82) is 0 Å². The Balaban J connectivity index is 1.83. The van der Waals surface area contributed by atoms with Crippen LogP contribution in [0.25, 0.3) is 0 Å². The SMILES string of the molecule is CC1COC(N=C(N)N)C(O)C(OCC(N)CC2NC2C(C)F)O1. The number of aliphatic imine (C=N–C) groups is 1. The lowest BCUT2D eigenvalue weighted by Crippen LogP contribution is -2.43. The topological polar surface area (TPSA) is 160 Å². The molecule has 0 radical (unpaired) electrons. The number of nitrogens with two attached hydrogens (primary N) is 3. The second-order valence-corrected chi connectivity index (χ2v) is 6.39. The van der Waals surface area contributed by atoms with E-state index >= 15 is 0 Å². The van der Waals surface area contributed by atoms with Gasteiger partial charge in [-0.25, -0.2) is 9.38 Å². The molecule has 2 aliphatic rings. The molecule has 10 heteroatoms.